The SMILES string of the molecule is CC(C)C[C@H](NC(=O)[C@H](Cc1c[nH]c2ccccc12)NC(=O)[C@@H](NC(=O)CNC(=O)[C@H](Cc1ccccc1)NC(=O)[C@@H](N)[C@@H](C)O)[C@@H](C)O)C(=O)N1CCC[C@H]1C(=O)N[C@@H](Cc1c[nH]cn1)C(=O)N[C@@H](CCCNC(=N)N)C(=O)N[C@@H](Cc1c[nH]cn1)C(=O)N[C@H](C(=O)N[C@@H](CC(=O)O)C(=O)N[C@@H](CC(=O)O)C(=O)N[C@@H](C)C(=O)N[C@@H](Cc1ccccc1)C(=O)N1CCC[C@H]1C(=O)O)[C@@H](C)O. The molecule has 15 amide bonds. The molecule has 48 heteroatoms. The van der Waals surface area contributed by atoms with Gasteiger partial charge in [-0.25, -0.2) is 14.8 Å². The molecule has 2 aliphatic rings. The van der Waals surface area contributed by atoms with Crippen LogP contribution in [-0.4, -0.2) is 313 Å². The van der Waals surface area contributed by atoms with Crippen molar-refractivity contribution in [3.63, 3.8) is 0 Å². The molecular formula is C88H120N24O24. The van der Waals surface area contributed by atoms with Crippen molar-refractivity contribution in [1.82, 2.24) is 109 Å². The Bertz CT molecular complexity index is 5180. The number of para-hydroxylation sites is 1. The van der Waals surface area contributed by atoms with Gasteiger partial charge in [-0.1, -0.05) is 92.7 Å². The molecule has 0 unspecified atom stereocenters. The van der Waals surface area contributed by atoms with Gasteiger partial charge in [-0.2, -0.15) is 0 Å². The number of carboxylic acid groups (broad SMARTS) is 3. The minimum absolute atomic E-state index is 0.00351. The second-order valence-corrected chi connectivity index (χ2v) is 33.8. The molecule has 2 fully saturated rings. The zero-order valence-corrected chi connectivity index (χ0v) is 75.6. The number of nitrogens with two attached hydrogens (primary N) is 2. The molecule has 3 aromatic carbocycles. The third-order valence-corrected chi connectivity index (χ3v) is 22.5. The van der Waals surface area contributed by atoms with Crippen molar-refractivity contribution in [3.05, 3.63) is 144 Å². The molecule has 2 aliphatic heterocycles. The molecule has 136 heavy (non-hydrogen) atoms. The van der Waals surface area contributed by atoms with Crippen LogP contribution in [0.5, 0.6) is 0 Å². The largest absolute Gasteiger partial charge is 0.481 e. The molecule has 0 spiro atoms. The van der Waals surface area contributed by atoms with Crippen molar-refractivity contribution in [3.8, 4) is 0 Å². The number of fused-ring (bicyclic) bond motifs is 1. The summed E-state index contributed by atoms with van der Waals surface area (Å²) in [6.07, 6.45) is -1.65. The van der Waals surface area contributed by atoms with E-state index in [0.29, 0.717) is 34.0 Å². The van der Waals surface area contributed by atoms with Crippen LogP contribution in [0.4, 0.5) is 0 Å². The zero-order valence-electron chi connectivity index (χ0n) is 75.6. The number of likely N-dealkylation sites (tertiary alicyclic amines) is 2. The van der Waals surface area contributed by atoms with Crippen LogP contribution in [0.1, 0.15) is 127 Å². The first-order valence-electron chi connectivity index (χ1n) is 44.2. The Morgan fingerprint density at radius 2 is 0.897 bits per heavy atom. The van der Waals surface area contributed by atoms with Crippen LogP contribution in [0.15, 0.2) is 116 Å². The Balaban J connectivity index is 0.968. The average molecular weight is 1900 g/mol. The minimum atomic E-state index is -2.24. The number of aliphatic carboxylic acids is 3. The Kier molecular flexibility index (Phi) is 40.3. The molecule has 0 saturated carbocycles. The van der Waals surface area contributed by atoms with Gasteiger partial charge in [0.25, 0.3) is 0 Å². The summed E-state index contributed by atoms with van der Waals surface area (Å²) >= 11 is 0. The maximum absolute atomic E-state index is 15.3. The fraction of sp³-hybridized carbons (Fsp3) is 0.489. The second kappa shape index (κ2) is 51.4. The molecule has 5 heterocycles. The quantitative estimate of drug-likeness (QED) is 0.00960. The number of aromatic nitrogens is 5. The third-order valence-electron chi connectivity index (χ3n) is 22.5. The standard InChI is InChI=1S/C88H120N24O24/c1-44(2)30-63(108-77(125)58(33-51-38-95-55-23-14-13-22-54(51)55)105-83(131)71(47(5)114)109-67(116)41-96-74(122)57(31-49-18-9-7-10-19-49)104-82(130)70(89)46(4)113)85(133)111-28-16-25-65(111)81(129)103-59(34-52-39-92-42-97-52)78(126)100-56(24-15-27-94-88(90)91)75(123)101-60(35-53-40-93-43-98-53)80(128)110-72(48(6)115)84(132)106-62(37-69(119)120)79(127)102-61(36-68(117)118)76(124)99-45(3)73(121)107-64(32-50-20-11-8-12-21-50)86(134)112-29-17-26-66(112)87(135)136/h7-14,18-23,38-40,42-48,56-66,70-72,95,113-115H,15-17,24-37,41,89H2,1-6H3,(H,92,97)(H,93,98)(H,96,122)(H,99,124)(H,100,126)(H,101,123)(H,102,127)(H,103,129)(H,104,130)(H,105,131)(H,106,132)(H,107,121)(H,108,125)(H,109,116)(H,110,128)(H,117,118)(H,119,120)(H,135,136)(H4,90,91,94)/t45-,46+,47+,48+,56-,57-,58-,59-,60-,61-,62-,63-,64-,65-,66-,70-,71-,72-/m0/s1. The Morgan fingerprint density at radius 3 is 1.43 bits per heavy atom. The van der Waals surface area contributed by atoms with Crippen molar-refractivity contribution in [2.75, 3.05) is 26.2 Å². The lowest BCUT2D eigenvalue weighted by molar-refractivity contribution is -0.149. The predicted molar refractivity (Wildman–Crippen MR) is 482 cm³/mol. The number of amides is 15. The van der Waals surface area contributed by atoms with E-state index in [2.05, 4.69) is 99.4 Å². The highest BCUT2D eigenvalue weighted by molar-refractivity contribution is 6.02. The zero-order chi connectivity index (χ0) is 99.7. The first-order chi connectivity index (χ1) is 64.5. The monoisotopic (exact) mass is 1900 g/mol. The highest BCUT2D eigenvalue weighted by Crippen LogP contribution is 2.25. The van der Waals surface area contributed by atoms with Gasteiger partial charge in [0, 0.05) is 81.2 Å². The number of nitrogens with zero attached hydrogens (tertiary/aromatic N) is 4. The highest BCUT2D eigenvalue weighted by Gasteiger charge is 2.44. The van der Waals surface area contributed by atoms with Gasteiger partial charge in [0.2, 0.25) is 88.6 Å². The van der Waals surface area contributed by atoms with E-state index in [0.717, 1.165) is 18.7 Å². The number of carbonyl (C=O) groups excluding carboxylic acids is 15. The average Bonchev–Trinajstić information content (AvgIpc) is 1.63. The molecule has 48 nitrogen and oxygen atoms in total. The van der Waals surface area contributed by atoms with Gasteiger partial charge in [-0.3, -0.25) is 86.9 Å². The lowest BCUT2D eigenvalue weighted by Crippen LogP contribution is -2.62. The highest BCUT2D eigenvalue weighted by atomic mass is 16.4. The molecule has 3 aromatic heterocycles. The van der Waals surface area contributed by atoms with Crippen LogP contribution in [0.3, 0.4) is 0 Å². The number of hydrogen-bond acceptors (Lipinski definition) is 25. The normalized spacial score (nSPS) is 17.0. The summed E-state index contributed by atoms with van der Waals surface area (Å²) in [5, 5.41) is 105. The topological polar surface area (TPSA) is 753 Å². The van der Waals surface area contributed by atoms with Crippen molar-refractivity contribution in [2.24, 2.45) is 17.4 Å². The summed E-state index contributed by atoms with van der Waals surface area (Å²) in [7, 11) is 0. The van der Waals surface area contributed by atoms with Crippen molar-refractivity contribution >= 4 is 123 Å². The van der Waals surface area contributed by atoms with Gasteiger partial charge >= 0.3 is 17.9 Å². The smallest absolute Gasteiger partial charge is 0.326 e. The van der Waals surface area contributed by atoms with E-state index in [-0.39, 0.29) is 101 Å². The molecule has 0 aliphatic carbocycles. The van der Waals surface area contributed by atoms with Gasteiger partial charge < -0.3 is 141 Å². The number of carboxylic acids is 3. The van der Waals surface area contributed by atoms with Crippen molar-refractivity contribution < 1.29 is 117 Å². The number of aliphatic hydroxyl groups excluding tert-OH is 3. The van der Waals surface area contributed by atoms with Gasteiger partial charge in [0.15, 0.2) is 5.96 Å². The number of benzene rings is 3. The van der Waals surface area contributed by atoms with E-state index in [1.807, 2.05) is 0 Å². The van der Waals surface area contributed by atoms with E-state index >= 15 is 19.2 Å². The molecule has 18 atom stereocenters. The van der Waals surface area contributed by atoms with Gasteiger partial charge in [-0.05, 0) is 101 Å². The summed E-state index contributed by atoms with van der Waals surface area (Å²) in [6.45, 7) is 7.22. The molecule has 8 rings (SSSR count). The number of aliphatic hydroxyl groups is 3. The molecule has 0 radical (unpaired) electrons. The number of aromatic amines is 3. The number of guanidine groups is 1. The van der Waals surface area contributed by atoms with E-state index in [9.17, 15) is 97.8 Å². The molecule has 6 aromatic rings. The molecule has 28 N–H and O–H groups in total. The summed E-state index contributed by atoms with van der Waals surface area (Å²) in [5.41, 5.74) is 14.0. The first-order valence-corrected chi connectivity index (χ1v) is 44.2. The fourth-order valence-electron chi connectivity index (χ4n) is 15.4. The van der Waals surface area contributed by atoms with E-state index in [4.69, 9.17) is 16.9 Å². The van der Waals surface area contributed by atoms with Crippen LogP contribution in [-0.2, 0) is 118 Å². The Hall–Kier alpha value is -14.8. The number of rotatable bonds is 52. The van der Waals surface area contributed by atoms with Crippen LogP contribution in [0, 0.1) is 11.3 Å². The fourth-order valence-corrected chi connectivity index (χ4v) is 15.4. The number of H-pyrrole nitrogens is 3. The molecular weight excluding hydrogens is 1780 g/mol. The van der Waals surface area contributed by atoms with Crippen molar-refractivity contribution in [1.29, 1.82) is 5.41 Å². The summed E-state index contributed by atoms with van der Waals surface area (Å²) in [4.78, 5) is 271. The number of nitrogens with one attached hydrogen (secondary N) is 18. The third kappa shape index (κ3) is 32.3. The van der Waals surface area contributed by atoms with Crippen LogP contribution in [0.2, 0.25) is 0 Å². The first kappa shape index (κ1) is 107. The summed E-state index contributed by atoms with van der Waals surface area (Å²) in [6, 6.07) is -0.905. The lowest BCUT2D eigenvalue weighted by atomic mass is 9.99. The van der Waals surface area contributed by atoms with Crippen LogP contribution in [0.25, 0.3) is 10.9 Å². The van der Waals surface area contributed by atoms with Crippen LogP contribution >= 0.6 is 0 Å². The number of carbonyl (C=O) groups is 18. The van der Waals surface area contributed by atoms with E-state index < -0.39 is 247 Å². The maximum atomic E-state index is 15.3. The molecule has 736 valence electrons. The Labute approximate surface area is 779 Å². The predicted octanol–water partition coefficient (Wildman–Crippen LogP) is -6.12. The molecule has 2 saturated heterocycles. The summed E-state index contributed by atoms with van der Waals surface area (Å²) in [5.74, 6) is -21.5. The molecule has 0 bridgehead atoms. The number of imidazole rings is 2. The van der Waals surface area contributed by atoms with Crippen molar-refractivity contribution in [2.45, 2.75) is 240 Å². The van der Waals surface area contributed by atoms with Gasteiger partial charge in [0.05, 0.1) is 61.7 Å². The summed E-state index contributed by atoms with van der Waals surface area (Å²) < 4.78 is 0. The lowest BCUT2D eigenvalue weighted by Gasteiger charge is -2.32. The minimum Gasteiger partial charge on any atom is -0.481 e. The maximum Gasteiger partial charge on any atom is 0.326 e. The van der Waals surface area contributed by atoms with Crippen LogP contribution < -0.4 is 85.9 Å². The van der Waals surface area contributed by atoms with E-state index in [1.54, 1.807) is 105 Å². The second-order valence-electron chi connectivity index (χ2n) is 33.8. The Morgan fingerprint density at radius 1 is 0.456 bits per heavy atom. The number of hydrogen-bond donors (Lipinski definition) is 26. The van der Waals surface area contributed by atoms with Gasteiger partial charge in [-0.15, -0.1) is 0 Å². The van der Waals surface area contributed by atoms with E-state index in [1.165, 1.54) is 43.8 Å². The van der Waals surface area contributed by atoms with Gasteiger partial charge in [0.1, 0.15) is 90.6 Å².